The fourth-order valence-electron chi connectivity index (χ4n) is 8.87. The van der Waals surface area contributed by atoms with Crippen molar-refractivity contribution in [3.63, 3.8) is 0 Å². The molecule has 3 aliphatic carbocycles. The lowest BCUT2D eigenvalue weighted by molar-refractivity contribution is -0.137. The lowest BCUT2D eigenvalue weighted by Gasteiger charge is -2.47. The molecule has 2 bridgehead atoms. The Balaban J connectivity index is 1.22. The molecule has 8 rings (SSSR count). The topological polar surface area (TPSA) is 90.0 Å². The molecule has 2 aromatic heterocycles. The Kier molecular flexibility index (Phi) is 10.8. The number of rotatable bonds is 6. The van der Waals surface area contributed by atoms with Gasteiger partial charge in [-0.25, -0.2) is 4.98 Å². The molecular formula is C43H47ClF3N3O4. The van der Waals surface area contributed by atoms with Gasteiger partial charge in [-0.2, -0.15) is 13.2 Å². The zero-order valence-corrected chi connectivity index (χ0v) is 31.5. The van der Waals surface area contributed by atoms with Gasteiger partial charge in [0.05, 0.1) is 22.3 Å². The smallest absolute Gasteiger partial charge is 0.416 e. The highest BCUT2D eigenvalue weighted by Gasteiger charge is 2.57. The second-order valence-electron chi connectivity index (χ2n) is 15.6. The average molecular weight is 762 g/mol. The molecule has 0 amide bonds. The van der Waals surface area contributed by atoms with Crippen LogP contribution in [0.2, 0.25) is 5.02 Å². The molecule has 0 radical (unpaired) electrons. The number of aliphatic hydroxyl groups is 2. The fourth-order valence-corrected chi connectivity index (χ4v) is 9.08. The van der Waals surface area contributed by atoms with Gasteiger partial charge in [0.15, 0.2) is 5.76 Å². The normalized spacial score (nSPS) is 25.6. The number of aliphatic hydroxyl groups excluding tert-OH is 1. The first-order valence-corrected chi connectivity index (χ1v) is 19.2. The summed E-state index contributed by atoms with van der Waals surface area (Å²) < 4.78 is 46.7. The highest BCUT2D eigenvalue weighted by Crippen LogP contribution is 2.59. The first-order valence-electron chi connectivity index (χ1n) is 18.8. The van der Waals surface area contributed by atoms with E-state index in [0.29, 0.717) is 44.2 Å². The molecule has 2 N–H and O–H groups in total. The van der Waals surface area contributed by atoms with Gasteiger partial charge in [-0.05, 0) is 117 Å². The van der Waals surface area contributed by atoms with Crippen LogP contribution in [-0.2, 0) is 12.6 Å². The van der Waals surface area contributed by atoms with E-state index < -0.39 is 34.6 Å². The predicted molar refractivity (Wildman–Crippen MR) is 204 cm³/mol. The summed E-state index contributed by atoms with van der Waals surface area (Å²) in [6.07, 6.45) is 3.16. The minimum atomic E-state index is -4.58. The Bertz CT molecular complexity index is 2010. The quantitative estimate of drug-likeness (QED) is 0.150. The van der Waals surface area contributed by atoms with Crippen LogP contribution in [0.1, 0.15) is 91.1 Å². The number of β-amino-alcohol motifs (C(OH)–C–C–N with tert-alkyl or cyclic N) is 1. The van der Waals surface area contributed by atoms with E-state index in [4.69, 9.17) is 16.0 Å². The number of alkyl halides is 3. The second kappa shape index (κ2) is 15.3. The molecule has 4 atom stereocenters. The molecule has 3 heterocycles. The largest absolute Gasteiger partial charge is 0.453 e. The molecule has 1 aliphatic heterocycles. The van der Waals surface area contributed by atoms with Crippen LogP contribution >= 0.6 is 11.6 Å². The van der Waals surface area contributed by atoms with Gasteiger partial charge in [0.2, 0.25) is 5.78 Å². The summed E-state index contributed by atoms with van der Waals surface area (Å²) in [6, 6.07) is 17.6. The summed E-state index contributed by atoms with van der Waals surface area (Å²) in [4.78, 5) is 23.7. The molecular weight excluding hydrogens is 715 g/mol. The van der Waals surface area contributed by atoms with Crippen LogP contribution in [0.4, 0.5) is 19.0 Å². The molecule has 4 aliphatic rings. The van der Waals surface area contributed by atoms with Crippen LogP contribution in [0.15, 0.2) is 89.0 Å². The Hall–Kier alpha value is -3.96. The number of hydrogen-bond donors (Lipinski definition) is 2. The van der Waals surface area contributed by atoms with Crippen LogP contribution in [0, 0.1) is 5.41 Å². The summed E-state index contributed by atoms with van der Waals surface area (Å²) in [7, 11) is 0. The van der Waals surface area contributed by atoms with Crippen LogP contribution in [0.3, 0.4) is 0 Å². The Morgan fingerprint density at radius 3 is 2.56 bits per heavy atom. The average Bonchev–Trinajstić information content (AvgIpc) is 3.73. The number of carbonyl (C=O) groups excluding carboxylic acids is 1. The third-order valence-electron chi connectivity index (χ3n) is 12.1. The van der Waals surface area contributed by atoms with E-state index in [9.17, 15) is 28.2 Å². The number of anilines is 1. The van der Waals surface area contributed by atoms with E-state index in [1.807, 2.05) is 36.4 Å². The van der Waals surface area contributed by atoms with Crippen LogP contribution in [0.5, 0.6) is 0 Å². The van der Waals surface area contributed by atoms with Crippen molar-refractivity contribution in [3.8, 4) is 11.3 Å². The van der Waals surface area contributed by atoms with Crippen molar-refractivity contribution < 1.29 is 32.6 Å². The molecule has 1 saturated carbocycles. The number of nitrogens with zero attached hydrogens (tertiary/aromatic N) is 3. The van der Waals surface area contributed by atoms with E-state index in [1.165, 1.54) is 23.8 Å². The zero-order chi connectivity index (χ0) is 38.3. The number of pyridine rings is 1. The van der Waals surface area contributed by atoms with Gasteiger partial charge in [0, 0.05) is 55.5 Å². The maximum atomic E-state index is 14.5. The SMILES string of the molecule is CC1=CCC[C@@]2(C)[C@@H](CC[C@@]2(O)CN2CCN(c3ccccn3)CC2)c2ccc(cc2C(=O)c2ccc(-c3cc(C(F)(F)F)ccc3Cl)o2)C[C@@H](O)CC1. The Morgan fingerprint density at radius 1 is 1.02 bits per heavy atom. The monoisotopic (exact) mass is 761 g/mol. The van der Waals surface area contributed by atoms with Gasteiger partial charge < -0.3 is 19.5 Å². The van der Waals surface area contributed by atoms with Crippen molar-refractivity contribution in [1.82, 2.24) is 9.88 Å². The van der Waals surface area contributed by atoms with Crippen LogP contribution in [0.25, 0.3) is 11.3 Å². The van der Waals surface area contributed by atoms with E-state index >= 15 is 0 Å². The van der Waals surface area contributed by atoms with Crippen molar-refractivity contribution in [3.05, 3.63) is 118 Å². The standard InChI is InChI=1S/C43H47ClF3N3O4/c1-28-6-5-17-41(2)35(16-18-42(41,53)27-49-20-22-50(23-21-49)39-7-3-4-19-48-39)32-12-9-29(24-31(51)11-8-28)25-33(32)40(52)38-15-14-37(54-38)34-26-30(43(45,46)47)10-13-36(34)44/h3-4,6-7,9-10,12-15,19,25-26,31,35,51,53H,5,8,11,16-18,20-24,27H2,1-2H3/t31-,35-,41-,42+/m0/s1. The first-order chi connectivity index (χ1) is 25.7. The molecule has 11 heteroatoms. The maximum Gasteiger partial charge on any atom is 0.416 e. The summed E-state index contributed by atoms with van der Waals surface area (Å²) in [6.45, 7) is 7.94. The molecule has 286 valence electrons. The lowest BCUT2D eigenvalue weighted by atomic mass is 9.64. The molecule has 1 saturated heterocycles. The van der Waals surface area contributed by atoms with E-state index in [0.717, 1.165) is 68.1 Å². The number of halogens is 4. The van der Waals surface area contributed by atoms with Gasteiger partial charge in [-0.15, -0.1) is 0 Å². The van der Waals surface area contributed by atoms with Crippen molar-refractivity contribution in [2.75, 3.05) is 37.6 Å². The Labute approximate surface area is 319 Å². The molecule has 0 spiro atoms. The number of fused-ring (bicyclic) bond motifs is 8. The van der Waals surface area contributed by atoms with Gasteiger partial charge >= 0.3 is 6.18 Å². The number of aromatic nitrogens is 1. The number of furan rings is 1. The predicted octanol–water partition coefficient (Wildman–Crippen LogP) is 9.11. The highest BCUT2D eigenvalue weighted by molar-refractivity contribution is 6.33. The number of carbonyl (C=O) groups is 1. The third kappa shape index (κ3) is 7.76. The molecule has 2 fully saturated rings. The number of allylic oxidation sites excluding steroid dienone is 2. The van der Waals surface area contributed by atoms with Gasteiger partial charge in [-0.1, -0.05) is 48.4 Å². The molecule has 54 heavy (non-hydrogen) atoms. The number of ketones is 1. The fraction of sp³-hybridized carbons (Fsp3) is 0.442. The third-order valence-corrected chi connectivity index (χ3v) is 12.5. The van der Waals surface area contributed by atoms with Gasteiger partial charge in [0.25, 0.3) is 0 Å². The second-order valence-corrected chi connectivity index (χ2v) is 16.0. The Morgan fingerprint density at radius 2 is 1.81 bits per heavy atom. The van der Waals surface area contributed by atoms with Crippen molar-refractivity contribution in [2.24, 2.45) is 5.41 Å². The number of benzene rings is 2. The molecule has 4 aromatic rings. The van der Waals surface area contributed by atoms with Crippen molar-refractivity contribution >= 4 is 23.2 Å². The maximum absolute atomic E-state index is 14.5. The van der Waals surface area contributed by atoms with E-state index in [-0.39, 0.29) is 28.0 Å². The minimum Gasteiger partial charge on any atom is -0.453 e. The van der Waals surface area contributed by atoms with Crippen molar-refractivity contribution in [2.45, 2.75) is 82.6 Å². The summed E-state index contributed by atoms with van der Waals surface area (Å²) >= 11 is 6.33. The highest BCUT2D eigenvalue weighted by atomic mass is 35.5. The molecule has 2 aromatic carbocycles. The molecule has 7 nitrogen and oxygen atoms in total. The molecule has 0 unspecified atom stereocenters. The number of hydrogen-bond acceptors (Lipinski definition) is 7. The zero-order valence-electron chi connectivity index (χ0n) is 30.7. The van der Waals surface area contributed by atoms with Crippen molar-refractivity contribution in [1.29, 1.82) is 0 Å². The lowest BCUT2D eigenvalue weighted by Crippen LogP contribution is -2.56. The van der Waals surface area contributed by atoms with Crippen LogP contribution < -0.4 is 4.90 Å². The minimum absolute atomic E-state index is 0.0298. The van der Waals surface area contributed by atoms with E-state index in [1.54, 1.807) is 6.20 Å². The summed E-state index contributed by atoms with van der Waals surface area (Å²) in [5.74, 6) is 0.376. The van der Waals surface area contributed by atoms with Crippen LogP contribution in [-0.4, -0.2) is 70.3 Å². The van der Waals surface area contributed by atoms with Gasteiger partial charge in [-0.3, -0.25) is 9.69 Å². The van der Waals surface area contributed by atoms with Gasteiger partial charge in [0.1, 0.15) is 11.6 Å². The summed E-state index contributed by atoms with van der Waals surface area (Å²) in [5, 5.41) is 23.8. The first kappa shape index (κ1) is 38.3. The number of piperazine rings is 1. The summed E-state index contributed by atoms with van der Waals surface area (Å²) in [5.41, 5.74) is 0.711. The van der Waals surface area contributed by atoms with E-state index in [2.05, 4.69) is 34.7 Å².